The summed E-state index contributed by atoms with van der Waals surface area (Å²) in [5.41, 5.74) is 1.56. The van der Waals surface area contributed by atoms with Crippen LogP contribution in [0.1, 0.15) is 35.3 Å². The van der Waals surface area contributed by atoms with Crippen molar-refractivity contribution >= 4 is 21.8 Å². The molecule has 1 heterocycles. The van der Waals surface area contributed by atoms with E-state index in [9.17, 15) is 4.79 Å². The normalized spacial score (nSPS) is 24.4. The first-order valence-electron chi connectivity index (χ1n) is 5.54. The number of nitrogens with one attached hydrogen (secondary N) is 1. The Hall–Kier alpha value is -0.900. The van der Waals surface area contributed by atoms with Crippen LogP contribution in [0.25, 0.3) is 0 Å². The van der Waals surface area contributed by atoms with Crippen LogP contribution in [0.2, 0.25) is 0 Å². The summed E-state index contributed by atoms with van der Waals surface area (Å²) in [5.74, 6) is 0.00171. The van der Waals surface area contributed by atoms with Gasteiger partial charge in [-0.2, -0.15) is 0 Å². The maximum absolute atomic E-state index is 11.9. The first kappa shape index (κ1) is 11.6. The SMILES string of the molecule is Cc1cc(C(=O)NC2CCCC2Br)ccn1. The van der Waals surface area contributed by atoms with Crippen molar-refractivity contribution in [2.45, 2.75) is 37.1 Å². The average molecular weight is 283 g/mol. The molecule has 16 heavy (non-hydrogen) atoms. The first-order chi connectivity index (χ1) is 7.66. The third kappa shape index (κ3) is 2.61. The molecule has 0 bridgehead atoms. The van der Waals surface area contributed by atoms with Crippen LogP contribution in [0.4, 0.5) is 0 Å². The van der Waals surface area contributed by atoms with E-state index in [1.165, 1.54) is 6.42 Å². The minimum atomic E-state index is 0.00171. The van der Waals surface area contributed by atoms with Crippen LogP contribution in [0.15, 0.2) is 18.3 Å². The van der Waals surface area contributed by atoms with Crippen molar-refractivity contribution in [3.8, 4) is 0 Å². The number of carbonyl (C=O) groups excluding carboxylic acids is 1. The molecule has 2 atom stereocenters. The van der Waals surface area contributed by atoms with Crippen LogP contribution in [0, 0.1) is 6.92 Å². The highest BCUT2D eigenvalue weighted by molar-refractivity contribution is 9.09. The van der Waals surface area contributed by atoms with E-state index in [4.69, 9.17) is 0 Å². The summed E-state index contributed by atoms with van der Waals surface area (Å²) in [7, 11) is 0. The van der Waals surface area contributed by atoms with Gasteiger partial charge in [-0.1, -0.05) is 22.4 Å². The maximum Gasteiger partial charge on any atom is 0.251 e. The van der Waals surface area contributed by atoms with Gasteiger partial charge in [0.25, 0.3) is 5.91 Å². The second kappa shape index (κ2) is 4.95. The molecule has 1 N–H and O–H groups in total. The molecule has 0 aliphatic heterocycles. The third-order valence-corrected chi connectivity index (χ3v) is 4.00. The van der Waals surface area contributed by atoms with Crippen molar-refractivity contribution in [2.75, 3.05) is 0 Å². The zero-order chi connectivity index (χ0) is 11.5. The van der Waals surface area contributed by atoms with Crippen LogP contribution in [0.5, 0.6) is 0 Å². The van der Waals surface area contributed by atoms with E-state index >= 15 is 0 Å². The first-order valence-corrected chi connectivity index (χ1v) is 6.46. The molecule has 1 aromatic rings. The topological polar surface area (TPSA) is 42.0 Å². The fraction of sp³-hybridized carbons (Fsp3) is 0.500. The van der Waals surface area contributed by atoms with Crippen LogP contribution < -0.4 is 5.32 Å². The lowest BCUT2D eigenvalue weighted by Gasteiger charge is -2.16. The van der Waals surface area contributed by atoms with Gasteiger partial charge >= 0.3 is 0 Å². The Morgan fingerprint density at radius 2 is 2.38 bits per heavy atom. The fourth-order valence-corrected chi connectivity index (χ4v) is 2.74. The van der Waals surface area contributed by atoms with E-state index in [1.54, 1.807) is 12.3 Å². The average Bonchev–Trinajstić information content (AvgIpc) is 2.64. The summed E-state index contributed by atoms with van der Waals surface area (Å²) in [6, 6.07) is 3.83. The lowest BCUT2D eigenvalue weighted by molar-refractivity contribution is 0.0938. The number of amides is 1. The minimum absolute atomic E-state index is 0.00171. The van der Waals surface area contributed by atoms with Gasteiger partial charge in [0.15, 0.2) is 0 Å². The molecule has 0 radical (unpaired) electrons. The third-order valence-electron chi connectivity index (χ3n) is 2.91. The smallest absolute Gasteiger partial charge is 0.251 e. The van der Waals surface area contributed by atoms with E-state index in [-0.39, 0.29) is 11.9 Å². The van der Waals surface area contributed by atoms with Gasteiger partial charge in [0.2, 0.25) is 0 Å². The van der Waals surface area contributed by atoms with Gasteiger partial charge in [-0.15, -0.1) is 0 Å². The molecule has 4 heteroatoms. The van der Waals surface area contributed by atoms with Gasteiger partial charge < -0.3 is 5.32 Å². The summed E-state index contributed by atoms with van der Waals surface area (Å²) >= 11 is 3.59. The lowest BCUT2D eigenvalue weighted by atomic mass is 10.2. The highest BCUT2D eigenvalue weighted by Gasteiger charge is 2.26. The summed E-state index contributed by atoms with van der Waals surface area (Å²) in [5, 5.41) is 3.06. The van der Waals surface area contributed by atoms with E-state index in [0.29, 0.717) is 10.4 Å². The largest absolute Gasteiger partial charge is 0.348 e. The van der Waals surface area contributed by atoms with Crippen molar-refractivity contribution in [3.63, 3.8) is 0 Å². The monoisotopic (exact) mass is 282 g/mol. The molecule has 2 rings (SSSR count). The van der Waals surface area contributed by atoms with Crippen molar-refractivity contribution in [2.24, 2.45) is 0 Å². The molecular formula is C12H15BrN2O. The van der Waals surface area contributed by atoms with Gasteiger partial charge in [0, 0.05) is 28.3 Å². The molecule has 0 aromatic carbocycles. The van der Waals surface area contributed by atoms with Crippen LogP contribution >= 0.6 is 15.9 Å². The number of hydrogen-bond acceptors (Lipinski definition) is 2. The zero-order valence-electron chi connectivity index (χ0n) is 9.24. The Kier molecular flexibility index (Phi) is 3.59. The summed E-state index contributed by atoms with van der Waals surface area (Å²) in [6.45, 7) is 1.89. The number of halogens is 1. The van der Waals surface area contributed by atoms with Crippen LogP contribution in [0.3, 0.4) is 0 Å². The summed E-state index contributed by atoms with van der Waals surface area (Å²) in [4.78, 5) is 16.4. The van der Waals surface area contributed by atoms with Crippen LogP contribution in [-0.2, 0) is 0 Å². The van der Waals surface area contributed by atoms with Crippen LogP contribution in [-0.4, -0.2) is 21.8 Å². The quantitative estimate of drug-likeness (QED) is 0.847. The number of carbonyl (C=O) groups is 1. The van der Waals surface area contributed by atoms with E-state index in [2.05, 4.69) is 26.2 Å². The van der Waals surface area contributed by atoms with E-state index in [0.717, 1.165) is 18.5 Å². The van der Waals surface area contributed by atoms with Gasteiger partial charge in [-0.05, 0) is 31.9 Å². The zero-order valence-corrected chi connectivity index (χ0v) is 10.8. The number of aryl methyl sites for hydroxylation is 1. The molecule has 3 nitrogen and oxygen atoms in total. The molecule has 1 fully saturated rings. The lowest BCUT2D eigenvalue weighted by Crippen LogP contribution is -2.37. The van der Waals surface area contributed by atoms with Gasteiger partial charge in [-0.25, -0.2) is 0 Å². The van der Waals surface area contributed by atoms with Crippen molar-refractivity contribution in [3.05, 3.63) is 29.6 Å². The standard InChI is InChI=1S/C12H15BrN2O/c1-8-7-9(5-6-14-8)12(16)15-11-4-2-3-10(11)13/h5-7,10-11H,2-4H2,1H3,(H,15,16). The number of alkyl halides is 1. The second-order valence-electron chi connectivity index (χ2n) is 4.21. The highest BCUT2D eigenvalue weighted by Crippen LogP contribution is 2.25. The number of hydrogen-bond donors (Lipinski definition) is 1. The Morgan fingerprint density at radius 1 is 1.56 bits per heavy atom. The molecule has 86 valence electrons. The molecule has 0 spiro atoms. The fourth-order valence-electron chi connectivity index (χ4n) is 2.02. The number of rotatable bonds is 2. The van der Waals surface area contributed by atoms with Gasteiger partial charge in [0.1, 0.15) is 0 Å². The second-order valence-corrected chi connectivity index (χ2v) is 5.39. The van der Waals surface area contributed by atoms with E-state index in [1.807, 2.05) is 13.0 Å². The summed E-state index contributed by atoms with van der Waals surface area (Å²) in [6.07, 6.45) is 5.05. The number of nitrogens with zero attached hydrogens (tertiary/aromatic N) is 1. The minimum Gasteiger partial charge on any atom is -0.348 e. The molecule has 1 saturated carbocycles. The highest BCUT2D eigenvalue weighted by atomic mass is 79.9. The number of aromatic nitrogens is 1. The Balaban J connectivity index is 2.03. The molecular weight excluding hydrogens is 268 g/mol. The Bertz CT molecular complexity index is 394. The summed E-state index contributed by atoms with van der Waals surface area (Å²) < 4.78 is 0. The van der Waals surface area contributed by atoms with Crippen molar-refractivity contribution in [1.29, 1.82) is 0 Å². The van der Waals surface area contributed by atoms with Gasteiger partial charge in [-0.3, -0.25) is 9.78 Å². The Morgan fingerprint density at radius 3 is 3.00 bits per heavy atom. The maximum atomic E-state index is 11.9. The molecule has 2 unspecified atom stereocenters. The van der Waals surface area contributed by atoms with Gasteiger partial charge in [0.05, 0.1) is 0 Å². The van der Waals surface area contributed by atoms with Crippen molar-refractivity contribution < 1.29 is 4.79 Å². The molecule has 0 saturated heterocycles. The molecule has 1 aliphatic carbocycles. The predicted octanol–water partition coefficient (Wildman–Crippen LogP) is 2.44. The molecule has 1 aromatic heterocycles. The molecule has 1 amide bonds. The predicted molar refractivity (Wildman–Crippen MR) is 66.8 cm³/mol. The van der Waals surface area contributed by atoms with E-state index < -0.39 is 0 Å². The van der Waals surface area contributed by atoms with Crippen molar-refractivity contribution in [1.82, 2.24) is 10.3 Å². The molecule has 1 aliphatic rings. The Labute approximate surface area is 104 Å². The number of pyridine rings is 1.